The standard InChI is InChI=1S/4Al.Cr.12H. The van der Waals surface area contributed by atoms with Crippen molar-refractivity contribution in [3.8, 4) is 0 Å². The normalized spacial score (nSPS) is 0. The molecule has 0 spiro atoms. The predicted octanol–water partition coefficient (Wildman–Crippen LogP) is -4.74. The molecule has 0 amide bonds. The molecular weight excluding hydrogens is 160 g/mol. The third-order valence-corrected chi connectivity index (χ3v) is 0. The zero-order valence-electron chi connectivity index (χ0n) is 0.408. The molecule has 0 heterocycles. The van der Waals surface area contributed by atoms with Gasteiger partial charge in [-0.25, -0.2) is 0 Å². The summed E-state index contributed by atoms with van der Waals surface area (Å²) in [5, 5.41) is 0. The molecule has 0 nitrogen and oxygen atoms in total. The Kier molecular flexibility index (Phi) is 289. The summed E-state index contributed by atoms with van der Waals surface area (Å²) in [6.07, 6.45) is 0. The Balaban J connectivity index is 0. The molecule has 0 aliphatic rings. The summed E-state index contributed by atoms with van der Waals surface area (Å²) >= 11 is 0. The van der Waals surface area contributed by atoms with Crippen molar-refractivity contribution in [2.75, 3.05) is 0 Å². The minimum Gasteiger partial charge on any atom is 0 e. The van der Waals surface area contributed by atoms with Gasteiger partial charge in [0.15, 0.2) is 69.4 Å². The molecule has 30 valence electrons. The molecular formula is H12Al4Cr. The minimum absolute atomic E-state index is 0. The largest absolute Gasteiger partial charge is 0.187 e. The monoisotopic (exact) mass is 172 g/mol. The minimum atomic E-state index is 0. The number of hydrogen-bond donors (Lipinski definition) is 0. The van der Waals surface area contributed by atoms with Crippen LogP contribution in [0.5, 0.6) is 0 Å². The Labute approximate surface area is 85.7 Å². The second kappa shape index (κ2) is 30.1. The average Bonchev–Trinajstić information content (AvgIpc) is 0. The Morgan fingerprint density at radius 3 is 0.400 bits per heavy atom. The first-order valence-electron chi connectivity index (χ1n) is 0. The van der Waals surface area contributed by atoms with Crippen molar-refractivity contribution in [2.45, 2.75) is 0 Å². The van der Waals surface area contributed by atoms with Crippen LogP contribution in [0.4, 0.5) is 0 Å². The van der Waals surface area contributed by atoms with Crippen LogP contribution in [0.2, 0.25) is 0 Å². The van der Waals surface area contributed by atoms with Gasteiger partial charge in [-0.3, -0.25) is 0 Å². The van der Waals surface area contributed by atoms with E-state index in [4.69, 9.17) is 0 Å². The number of hydrogen-bond acceptors (Lipinski definition) is 0. The van der Waals surface area contributed by atoms with E-state index in [9.17, 15) is 0 Å². The maximum Gasteiger partial charge on any atom is 0.187 e. The molecule has 0 aromatic heterocycles. The van der Waals surface area contributed by atoms with E-state index in [1.54, 1.807) is 0 Å². The fraction of sp³-hybridized carbons (Fsp3) is 0. The van der Waals surface area contributed by atoms with E-state index in [0.717, 1.165) is 0 Å². The van der Waals surface area contributed by atoms with E-state index in [1.165, 1.54) is 0 Å². The van der Waals surface area contributed by atoms with Gasteiger partial charge in [0.1, 0.15) is 0 Å². The van der Waals surface area contributed by atoms with Gasteiger partial charge in [0, 0.05) is 17.4 Å². The zero-order valence-corrected chi connectivity index (χ0v) is 1.68. The van der Waals surface area contributed by atoms with Crippen molar-refractivity contribution in [3.63, 3.8) is 0 Å². The second-order valence-corrected chi connectivity index (χ2v) is 0. The Morgan fingerprint density at radius 2 is 0.400 bits per heavy atom. The maximum absolute atomic E-state index is 0. The molecule has 0 unspecified atom stereocenters. The Bertz CT molecular complexity index is 3.61. The smallest absolute Gasteiger partial charge is 0 e. The molecule has 0 rings (SSSR count). The first-order valence-corrected chi connectivity index (χ1v) is 0. The Morgan fingerprint density at radius 1 is 0.400 bits per heavy atom. The van der Waals surface area contributed by atoms with Gasteiger partial charge in [0.05, 0.1) is 0 Å². The molecule has 0 bridgehead atoms. The second-order valence-electron chi connectivity index (χ2n) is 0. The molecule has 0 aliphatic carbocycles. The van der Waals surface area contributed by atoms with Gasteiger partial charge < -0.3 is 0 Å². The van der Waals surface area contributed by atoms with Crippen molar-refractivity contribution in [2.24, 2.45) is 0 Å². The van der Waals surface area contributed by atoms with Gasteiger partial charge in [-0.15, -0.1) is 0 Å². The summed E-state index contributed by atoms with van der Waals surface area (Å²) in [5.74, 6) is 0. The first kappa shape index (κ1) is 48.0. The van der Waals surface area contributed by atoms with Gasteiger partial charge in [-0.2, -0.15) is 0 Å². The molecule has 0 atom stereocenters. The van der Waals surface area contributed by atoms with Crippen LogP contribution in [-0.2, 0) is 17.4 Å². The van der Waals surface area contributed by atoms with Crippen molar-refractivity contribution in [3.05, 3.63) is 0 Å². The van der Waals surface area contributed by atoms with E-state index < -0.39 is 0 Å². The fourth-order valence-electron chi connectivity index (χ4n) is 0. The van der Waals surface area contributed by atoms with Crippen LogP contribution >= 0.6 is 0 Å². The van der Waals surface area contributed by atoms with Crippen molar-refractivity contribution in [1.29, 1.82) is 0 Å². The molecule has 5 heteroatoms. The zero-order chi connectivity index (χ0) is 0. The summed E-state index contributed by atoms with van der Waals surface area (Å²) in [4.78, 5) is 0. The van der Waals surface area contributed by atoms with Crippen molar-refractivity contribution >= 4 is 69.4 Å². The van der Waals surface area contributed by atoms with Gasteiger partial charge in [0.2, 0.25) is 0 Å². The van der Waals surface area contributed by atoms with Gasteiger partial charge in [0.25, 0.3) is 0 Å². The summed E-state index contributed by atoms with van der Waals surface area (Å²) in [7, 11) is 0. The summed E-state index contributed by atoms with van der Waals surface area (Å²) in [6, 6.07) is 0. The molecule has 0 saturated carbocycles. The van der Waals surface area contributed by atoms with E-state index >= 15 is 0 Å². The summed E-state index contributed by atoms with van der Waals surface area (Å²) in [5.41, 5.74) is 0. The fourth-order valence-corrected chi connectivity index (χ4v) is 0. The molecule has 0 aromatic carbocycles. The topological polar surface area (TPSA) is 0 Å². The SMILES string of the molecule is [AlH3].[AlH3].[AlH3].[AlH3].[Cr]. The van der Waals surface area contributed by atoms with Crippen LogP contribution in [0.3, 0.4) is 0 Å². The molecule has 0 aromatic rings. The van der Waals surface area contributed by atoms with Gasteiger partial charge in [-0.05, 0) is 0 Å². The van der Waals surface area contributed by atoms with Crippen LogP contribution in [0.15, 0.2) is 0 Å². The van der Waals surface area contributed by atoms with Crippen LogP contribution in [0.1, 0.15) is 0 Å². The Hall–Kier alpha value is 2.66. The summed E-state index contributed by atoms with van der Waals surface area (Å²) in [6.45, 7) is 0. The predicted molar refractivity (Wildman–Crippen MR) is 39.8 cm³/mol. The summed E-state index contributed by atoms with van der Waals surface area (Å²) < 4.78 is 0. The van der Waals surface area contributed by atoms with Crippen LogP contribution in [0, 0.1) is 0 Å². The molecule has 0 fully saturated rings. The third kappa shape index (κ3) is 20.4. The van der Waals surface area contributed by atoms with Gasteiger partial charge in [-0.1, -0.05) is 0 Å². The van der Waals surface area contributed by atoms with E-state index in [-0.39, 0.29) is 86.8 Å². The van der Waals surface area contributed by atoms with Crippen molar-refractivity contribution in [1.82, 2.24) is 0 Å². The van der Waals surface area contributed by atoms with Gasteiger partial charge >= 0.3 is 0 Å². The first-order chi connectivity index (χ1) is 0. The quantitative estimate of drug-likeness (QED) is 0.322. The van der Waals surface area contributed by atoms with E-state index in [1.807, 2.05) is 0 Å². The molecule has 0 aliphatic heterocycles. The van der Waals surface area contributed by atoms with Crippen LogP contribution in [-0.4, -0.2) is 69.4 Å². The molecule has 5 heavy (non-hydrogen) atoms. The third-order valence-electron chi connectivity index (χ3n) is 0. The average molecular weight is 172 g/mol. The maximum atomic E-state index is 0. The molecule has 0 saturated heterocycles. The van der Waals surface area contributed by atoms with Crippen molar-refractivity contribution < 1.29 is 17.4 Å². The molecule has 0 N–H and O–H groups in total. The molecule has 0 radical (unpaired) electrons. The van der Waals surface area contributed by atoms with E-state index in [0.29, 0.717) is 0 Å². The van der Waals surface area contributed by atoms with E-state index in [2.05, 4.69) is 0 Å². The van der Waals surface area contributed by atoms with Crippen LogP contribution in [0.25, 0.3) is 0 Å². The number of rotatable bonds is 0. The van der Waals surface area contributed by atoms with Crippen LogP contribution < -0.4 is 0 Å².